The molecule has 0 spiro atoms. The summed E-state index contributed by atoms with van der Waals surface area (Å²) in [4.78, 5) is 0. The minimum absolute atomic E-state index is 0.260. The second-order valence-electron chi connectivity index (χ2n) is 4.54. The third-order valence-corrected chi connectivity index (χ3v) is 4.21. The first-order valence-electron chi connectivity index (χ1n) is 6.38. The number of benzene rings is 3. The van der Waals surface area contributed by atoms with Gasteiger partial charge in [0.05, 0.1) is 0 Å². The van der Waals surface area contributed by atoms with E-state index in [0.29, 0.717) is 10.6 Å². The van der Waals surface area contributed by atoms with E-state index in [-0.39, 0.29) is 5.82 Å². The highest BCUT2D eigenvalue weighted by Crippen LogP contribution is 2.40. The van der Waals surface area contributed by atoms with Crippen molar-refractivity contribution in [2.24, 2.45) is 0 Å². The molecule has 3 aromatic rings. The Labute approximate surface area is 136 Å². The predicted octanol–water partition coefficient (Wildman–Crippen LogP) is 6.38. The van der Waals surface area contributed by atoms with Crippen LogP contribution in [0.15, 0.2) is 65.1 Å². The molecule has 0 aliphatic carbocycles. The lowest BCUT2D eigenvalue weighted by molar-refractivity contribution is 0.631. The lowest BCUT2D eigenvalue weighted by Crippen LogP contribution is -1.90. The molecule has 21 heavy (non-hydrogen) atoms. The molecular formula is C18H10BrClF. The van der Waals surface area contributed by atoms with Gasteiger partial charge in [-0.05, 0) is 39.7 Å². The molecule has 3 aromatic carbocycles. The van der Waals surface area contributed by atoms with Crippen LogP contribution in [-0.2, 0) is 0 Å². The van der Waals surface area contributed by atoms with Crippen molar-refractivity contribution in [2.45, 2.75) is 0 Å². The monoisotopic (exact) mass is 359 g/mol. The van der Waals surface area contributed by atoms with E-state index < -0.39 is 0 Å². The quantitative estimate of drug-likeness (QED) is 0.497. The van der Waals surface area contributed by atoms with Gasteiger partial charge in [0.25, 0.3) is 0 Å². The van der Waals surface area contributed by atoms with E-state index in [1.807, 2.05) is 36.4 Å². The fourth-order valence-electron chi connectivity index (χ4n) is 2.30. The van der Waals surface area contributed by atoms with E-state index in [1.165, 1.54) is 6.07 Å². The number of hydrogen-bond acceptors (Lipinski definition) is 0. The molecule has 0 saturated heterocycles. The zero-order valence-electron chi connectivity index (χ0n) is 10.9. The van der Waals surface area contributed by atoms with Crippen molar-refractivity contribution in [3.63, 3.8) is 0 Å². The Morgan fingerprint density at radius 1 is 0.857 bits per heavy atom. The molecule has 103 valence electrons. The standard InChI is InChI=1S/C18H10BrClF/c19-15-9-5-8-13(12-6-2-4-11-17(12)21)18(15)14-7-1-3-10-16(14)20/h1-8,10-11H. The van der Waals surface area contributed by atoms with Crippen LogP contribution < -0.4 is 0 Å². The molecule has 0 aliphatic heterocycles. The molecule has 0 aromatic heterocycles. The van der Waals surface area contributed by atoms with Crippen molar-refractivity contribution in [3.8, 4) is 22.3 Å². The smallest absolute Gasteiger partial charge is 0.131 e. The van der Waals surface area contributed by atoms with Crippen LogP contribution in [0.25, 0.3) is 22.3 Å². The Hall–Kier alpha value is -1.64. The summed E-state index contributed by atoms with van der Waals surface area (Å²) in [6.45, 7) is 0. The third kappa shape index (κ3) is 2.74. The third-order valence-electron chi connectivity index (χ3n) is 3.26. The van der Waals surface area contributed by atoms with Crippen LogP contribution in [-0.4, -0.2) is 0 Å². The molecule has 1 radical (unpaired) electrons. The Morgan fingerprint density at radius 2 is 1.52 bits per heavy atom. The van der Waals surface area contributed by atoms with Gasteiger partial charge in [-0.1, -0.05) is 60.1 Å². The second-order valence-corrected chi connectivity index (χ2v) is 5.74. The summed E-state index contributed by atoms with van der Waals surface area (Å²) in [7, 11) is 0. The average molecular weight is 361 g/mol. The summed E-state index contributed by atoms with van der Waals surface area (Å²) in [6, 6.07) is 20.9. The molecular weight excluding hydrogens is 351 g/mol. The van der Waals surface area contributed by atoms with Crippen LogP contribution in [0.1, 0.15) is 0 Å². The number of hydrogen-bond donors (Lipinski definition) is 0. The molecule has 3 heteroatoms. The molecule has 0 amide bonds. The topological polar surface area (TPSA) is 0 Å². The lowest BCUT2D eigenvalue weighted by Gasteiger charge is -2.14. The van der Waals surface area contributed by atoms with E-state index in [1.54, 1.807) is 18.2 Å². The van der Waals surface area contributed by atoms with Crippen LogP contribution in [0.2, 0.25) is 5.02 Å². The van der Waals surface area contributed by atoms with Gasteiger partial charge < -0.3 is 0 Å². The van der Waals surface area contributed by atoms with Crippen molar-refractivity contribution in [3.05, 3.63) is 82.0 Å². The first-order valence-corrected chi connectivity index (χ1v) is 7.55. The molecule has 0 atom stereocenters. The molecule has 0 aliphatic rings. The zero-order valence-corrected chi connectivity index (χ0v) is 13.2. The van der Waals surface area contributed by atoms with E-state index in [2.05, 4.69) is 22.0 Å². The molecule has 0 unspecified atom stereocenters. The Bertz CT molecular complexity index is 799. The van der Waals surface area contributed by atoms with Gasteiger partial charge in [-0.25, -0.2) is 4.39 Å². The van der Waals surface area contributed by atoms with Gasteiger partial charge >= 0.3 is 0 Å². The Balaban J connectivity index is 2.32. The fraction of sp³-hybridized carbons (Fsp3) is 0. The maximum absolute atomic E-state index is 14.1. The van der Waals surface area contributed by atoms with Gasteiger partial charge in [0.1, 0.15) is 5.82 Å². The predicted molar refractivity (Wildman–Crippen MR) is 88.8 cm³/mol. The summed E-state index contributed by atoms with van der Waals surface area (Å²) in [5.74, 6) is -0.260. The first-order chi connectivity index (χ1) is 10.2. The van der Waals surface area contributed by atoms with E-state index in [4.69, 9.17) is 11.6 Å². The normalized spacial score (nSPS) is 10.6. The maximum atomic E-state index is 14.1. The summed E-state index contributed by atoms with van der Waals surface area (Å²) >= 11 is 9.80. The van der Waals surface area contributed by atoms with Crippen molar-refractivity contribution >= 4 is 27.5 Å². The summed E-state index contributed by atoms with van der Waals surface area (Å²) < 4.78 is 14.9. The van der Waals surface area contributed by atoms with E-state index in [0.717, 1.165) is 21.2 Å². The van der Waals surface area contributed by atoms with Crippen molar-refractivity contribution in [1.82, 2.24) is 0 Å². The number of rotatable bonds is 2. The molecule has 0 heterocycles. The SMILES string of the molecule is Fc1ccccc1-c1cc[c]c(Br)c1-c1ccccc1Cl. The van der Waals surface area contributed by atoms with Gasteiger partial charge in [-0.15, -0.1) is 0 Å². The summed E-state index contributed by atoms with van der Waals surface area (Å²) in [6.07, 6.45) is 0. The van der Waals surface area contributed by atoms with Crippen LogP contribution in [0, 0.1) is 11.9 Å². The summed E-state index contributed by atoms with van der Waals surface area (Å²) in [5.41, 5.74) is 3.02. The van der Waals surface area contributed by atoms with Crippen LogP contribution in [0.3, 0.4) is 0 Å². The van der Waals surface area contributed by atoms with Crippen molar-refractivity contribution in [2.75, 3.05) is 0 Å². The van der Waals surface area contributed by atoms with Crippen molar-refractivity contribution in [1.29, 1.82) is 0 Å². The van der Waals surface area contributed by atoms with Crippen LogP contribution in [0.4, 0.5) is 4.39 Å². The molecule has 0 N–H and O–H groups in total. The van der Waals surface area contributed by atoms with E-state index in [9.17, 15) is 4.39 Å². The Morgan fingerprint density at radius 3 is 2.24 bits per heavy atom. The van der Waals surface area contributed by atoms with Crippen LogP contribution in [0.5, 0.6) is 0 Å². The van der Waals surface area contributed by atoms with Gasteiger partial charge in [0, 0.05) is 26.2 Å². The van der Waals surface area contributed by atoms with E-state index >= 15 is 0 Å². The zero-order chi connectivity index (χ0) is 14.8. The van der Waals surface area contributed by atoms with Gasteiger partial charge in [-0.2, -0.15) is 0 Å². The highest BCUT2D eigenvalue weighted by atomic mass is 79.9. The molecule has 0 saturated carbocycles. The lowest BCUT2D eigenvalue weighted by atomic mass is 9.94. The first kappa shape index (κ1) is 14.3. The minimum Gasteiger partial charge on any atom is -0.206 e. The second kappa shape index (κ2) is 6.00. The van der Waals surface area contributed by atoms with Gasteiger partial charge in [0.15, 0.2) is 0 Å². The van der Waals surface area contributed by atoms with Gasteiger partial charge in [-0.3, -0.25) is 0 Å². The highest BCUT2D eigenvalue weighted by Gasteiger charge is 2.15. The summed E-state index contributed by atoms with van der Waals surface area (Å²) in [5, 5.41) is 0.621. The Kier molecular flexibility index (Phi) is 4.09. The average Bonchev–Trinajstić information content (AvgIpc) is 2.49. The van der Waals surface area contributed by atoms with Crippen molar-refractivity contribution < 1.29 is 4.39 Å². The minimum atomic E-state index is -0.260. The van der Waals surface area contributed by atoms with Gasteiger partial charge in [0.2, 0.25) is 0 Å². The number of halogens is 3. The van der Waals surface area contributed by atoms with Crippen LogP contribution >= 0.6 is 27.5 Å². The maximum Gasteiger partial charge on any atom is 0.131 e. The fourth-order valence-corrected chi connectivity index (χ4v) is 3.09. The molecule has 3 rings (SSSR count). The molecule has 0 nitrogen and oxygen atoms in total. The molecule has 0 bridgehead atoms. The highest BCUT2D eigenvalue weighted by molar-refractivity contribution is 9.10. The molecule has 0 fully saturated rings. The largest absolute Gasteiger partial charge is 0.206 e.